The summed E-state index contributed by atoms with van der Waals surface area (Å²) >= 11 is 0. The second-order valence-electron chi connectivity index (χ2n) is 11.2. The number of ether oxygens (including phenoxy) is 1. The predicted molar refractivity (Wildman–Crippen MR) is 167 cm³/mol. The molecule has 1 saturated heterocycles. The van der Waals surface area contributed by atoms with Crippen LogP contribution in [0.2, 0.25) is 0 Å². The van der Waals surface area contributed by atoms with Gasteiger partial charge in [0, 0.05) is 36.8 Å². The summed E-state index contributed by atoms with van der Waals surface area (Å²) in [5, 5.41) is 3.82. The highest BCUT2D eigenvalue weighted by Crippen LogP contribution is 2.33. The molecule has 7 nitrogen and oxygen atoms in total. The molecule has 1 aliphatic heterocycles. The van der Waals surface area contributed by atoms with E-state index in [1.807, 2.05) is 43.3 Å². The van der Waals surface area contributed by atoms with E-state index in [2.05, 4.69) is 40.2 Å². The Morgan fingerprint density at radius 2 is 1.79 bits per heavy atom. The molecule has 3 aromatic carbocycles. The number of nitrogens with one attached hydrogen (secondary N) is 1. The van der Waals surface area contributed by atoms with Gasteiger partial charge in [0.05, 0.1) is 22.6 Å². The fourth-order valence-corrected chi connectivity index (χ4v) is 7.25. The molecule has 4 aromatic rings. The summed E-state index contributed by atoms with van der Waals surface area (Å²) < 4.78 is 34.5. The average molecular weight is 588 g/mol. The van der Waals surface area contributed by atoms with Crippen molar-refractivity contribution in [1.29, 1.82) is 0 Å². The zero-order valence-electron chi connectivity index (χ0n) is 24.8. The van der Waals surface area contributed by atoms with Crippen LogP contribution in [0.3, 0.4) is 0 Å². The second-order valence-corrected chi connectivity index (χ2v) is 13.3. The Balaban J connectivity index is 1.49. The molecule has 8 heteroatoms. The summed E-state index contributed by atoms with van der Waals surface area (Å²) in [5.74, 6) is 0.0443. The molecule has 1 N–H and O–H groups in total. The number of benzene rings is 3. The molecule has 1 unspecified atom stereocenters. The van der Waals surface area contributed by atoms with Crippen LogP contribution in [0.15, 0.2) is 83.9 Å². The van der Waals surface area contributed by atoms with Gasteiger partial charge < -0.3 is 19.5 Å². The summed E-state index contributed by atoms with van der Waals surface area (Å²) in [7, 11) is 0.472. The number of fused-ring (bicyclic) bond motifs is 1. The third-order valence-electron chi connectivity index (χ3n) is 8.35. The van der Waals surface area contributed by atoms with E-state index >= 15 is 0 Å². The van der Waals surface area contributed by atoms with Gasteiger partial charge in [-0.1, -0.05) is 48.5 Å². The number of hydrogen-bond acceptors (Lipinski definition) is 5. The number of carbonyl (C=O) groups is 1. The van der Waals surface area contributed by atoms with Gasteiger partial charge in [-0.05, 0) is 87.2 Å². The van der Waals surface area contributed by atoms with Gasteiger partial charge in [0.25, 0.3) is 0 Å². The van der Waals surface area contributed by atoms with Crippen molar-refractivity contribution in [2.45, 2.75) is 56.2 Å². The zero-order valence-corrected chi connectivity index (χ0v) is 25.6. The van der Waals surface area contributed by atoms with Crippen LogP contribution in [0.25, 0.3) is 10.9 Å². The number of nitrogens with zero attached hydrogens (tertiary/aromatic N) is 2. The quantitative estimate of drug-likeness (QED) is 0.248. The van der Waals surface area contributed by atoms with Crippen LogP contribution in [0.1, 0.15) is 48.2 Å². The maximum Gasteiger partial charge on any atom is 0.224 e. The topological polar surface area (TPSA) is 80.6 Å². The Hall–Kier alpha value is -3.46. The molecule has 2 heterocycles. The maximum atomic E-state index is 13.0. The molecule has 1 amide bonds. The van der Waals surface area contributed by atoms with E-state index in [1.165, 1.54) is 18.4 Å². The Labute approximate surface area is 249 Å². The molecule has 0 radical (unpaired) electrons. The lowest BCUT2D eigenvalue weighted by Gasteiger charge is -2.21. The van der Waals surface area contributed by atoms with Crippen LogP contribution in [-0.2, 0) is 38.6 Å². The van der Waals surface area contributed by atoms with Crippen molar-refractivity contribution in [1.82, 2.24) is 14.8 Å². The van der Waals surface area contributed by atoms with Crippen molar-refractivity contribution in [2.24, 2.45) is 0 Å². The van der Waals surface area contributed by atoms with Gasteiger partial charge in [-0.2, -0.15) is 0 Å². The Morgan fingerprint density at radius 3 is 2.45 bits per heavy atom. The van der Waals surface area contributed by atoms with Crippen molar-refractivity contribution < 1.29 is 17.9 Å². The molecule has 0 aliphatic carbocycles. The minimum Gasteiger partial charge on any atom is -0.359 e. The molecule has 1 aliphatic rings. The van der Waals surface area contributed by atoms with E-state index < -0.39 is 9.84 Å². The summed E-state index contributed by atoms with van der Waals surface area (Å²) in [5.41, 5.74) is 5.28. The van der Waals surface area contributed by atoms with Crippen LogP contribution in [0, 0.1) is 0 Å². The molecule has 0 spiro atoms. The first-order chi connectivity index (χ1) is 20.3. The lowest BCUT2D eigenvalue weighted by atomic mass is 10.0. The Bertz CT molecular complexity index is 1610. The molecular formula is C34H41N3O4S. The molecular weight excluding hydrogens is 546 g/mol. The number of sulfone groups is 1. The number of likely N-dealkylation sites (N-methyl/N-ethyl adjacent to an activating group) is 2. The lowest BCUT2D eigenvalue weighted by Crippen LogP contribution is -2.26. The van der Waals surface area contributed by atoms with Crippen LogP contribution in [0.5, 0.6) is 0 Å². The molecule has 1 aromatic heterocycles. The van der Waals surface area contributed by atoms with E-state index in [4.69, 9.17) is 4.74 Å². The summed E-state index contributed by atoms with van der Waals surface area (Å²) in [6.07, 6.45) is 5.97. The van der Waals surface area contributed by atoms with Crippen LogP contribution < -0.4 is 5.32 Å². The van der Waals surface area contributed by atoms with Gasteiger partial charge >= 0.3 is 0 Å². The second kappa shape index (κ2) is 13.2. The fraction of sp³-hybridized carbons (Fsp3) is 0.382. The van der Waals surface area contributed by atoms with E-state index in [0.717, 1.165) is 40.6 Å². The number of carbonyl (C=O) groups excluding carboxylic acids is 1. The largest absolute Gasteiger partial charge is 0.359 e. The Kier molecular flexibility index (Phi) is 9.46. The van der Waals surface area contributed by atoms with Gasteiger partial charge in [0.1, 0.15) is 0 Å². The lowest BCUT2D eigenvalue weighted by molar-refractivity contribution is -0.119. The summed E-state index contributed by atoms with van der Waals surface area (Å²) in [4.78, 5) is 14.7. The average Bonchev–Trinajstić information content (AvgIpc) is 3.58. The third kappa shape index (κ3) is 6.77. The highest BCUT2D eigenvalue weighted by molar-refractivity contribution is 7.91. The van der Waals surface area contributed by atoms with Gasteiger partial charge in [-0.15, -0.1) is 0 Å². The molecule has 2 atom stereocenters. The van der Waals surface area contributed by atoms with Crippen LogP contribution in [0.4, 0.5) is 0 Å². The molecule has 5 rings (SSSR count). The fourth-order valence-electron chi connectivity index (χ4n) is 5.94. The highest BCUT2D eigenvalue weighted by Gasteiger charge is 2.25. The third-order valence-corrected chi connectivity index (χ3v) is 10.1. The molecule has 0 bridgehead atoms. The van der Waals surface area contributed by atoms with Crippen molar-refractivity contribution in [3.8, 4) is 0 Å². The number of hydrogen-bond donors (Lipinski definition) is 1. The summed E-state index contributed by atoms with van der Waals surface area (Å²) in [6.45, 7) is 3.65. The summed E-state index contributed by atoms with van der Waals surface area (Å²) in [6, 6.07) is 23.5. The first kappa shape index (κ1) is 30.0. The van der Waals surface area contributed by atoms with E-state index in [9.17, 15) is 13.2 Å². The van der Waals surface area contributed by atoms with Gasteiger partial charge in [-0.25, -0.2) is 8.42 Å². The minimum absolute atomic E-state index is 0.0191. The minimum atomic E-state index is -3.37. The van der Waals surface area contributed by atoms with Gasteiger partial charge in [0.2, 0.25) is 5.91 Å². The number of aromatic nitrogens is 1. The number of rotatable bonds is 12. The SMILES string of the molecule is CCOC(c1ccc(CC(=O)NC)cc1)n1cc(C[C@H]2CCCN2C)c2cc(CCS(=O)(=O)c3ccccc3)ccc21. The normalized spacial score (nSPS) is 16.6. The molecule has 222 valence electrons. The maximum absolute atomic E-state index is 13.0. The highest BCUT2D eigenvalue weighted by atomic mass is 32.2. The molecule has 42 heavy (non-hydrogen) atoms. The first-order valence-corrected chi connectivity index (χ1v) is 16.5. The van der Waals surface area contributed by atoms with Crippen molar-refractivity contribution in [2.75, 3.05) is 33.0 Å². The number of aryl methyl sites for hydroxylation is 1. The van der Waals surface area contributed by atoms with E-state index in [1.54, 1.807) is 31.3 Å². The zero-order chi connectivity index (χ0) is 29.7. The Morgan fingerprint density at radius 1 is 1.05 bits per heavy atom. The molecule has 0 saturated carbocycles. The monoisotopic (exact) mass is 587 g/mol. The van der Waals surface area contributed by atoms with Crippen LogP contribution in [-0.4, -0.2) is 62.8 Å². The van der Waals surface area contributed by atoms with E-state index in [-0.39, 0.29) is 17.9 Å². The van der Waals surface area contributed by atoms with Crippen molar-refractivity contribution >= 4 is 26.6 Å². The standard InChI is InChI=1S/C34H41N3O4S/c1-4-41-34(27-15-12-25(13-16-27)22-33(38)35-2)37-24-28(23-29-9-8-19-36(29)3)31-21-26(14-17-32(31)37)18-20-42(39,40)30-10-6-5-7-11-30/h5-7,10-17,21,24,29,34H,4,8-9,18-20,22-23H2,1-3H3,(H,35,38)/t29-,34?/m1/s1. The first-order valence-electron chi connectivity index (χ1n) is 14.8. The van der Waals surface area contributed by atoms with Crippen molar-refractivity contribution in [3.05, 3.63) is 101 Å². The van der Waals surface area contributed by atoms with E-state index in [0.29, 0.717) is 30.4 Å². The van der Waals surface area contributed by atoms with Crippen molar-refractivity contribution in [3.63, 3.8) is 0 Å². The molecule has 1 fully saturated rings. The van der Waals surface area contributed by atoms with Crippen LogP contribution >= 0.6 is 0 Å². The van der Waals surface area contributed by atoms with Gasteiger partial charge in [0.15, 0.2) is 16.1 Å². The number of amides is 1. The number of likely N-dealkylation sites (tertiary alicyclic amines) is 1. The predicted octanol–water partition coefficient (Wildman–Crippen LogP) is 5.17. The smallest absolute Gasteiger partial charge is 0.224 e. The van der Waals surface area contributed by atoms with Gasteiger partial charge in [-0.3, -0.25) is 4.79 Å².